The molecule has 0 bridgehead atoms. The van der Waals surface area contributed by atoms with Gasteiger partial charge in [0.25, 0.3) is 0 Å². The highest BCUT2D eigenvalue weighted by molar-refractivity contribution is 5.89. The van der Waals surface area contributed by atoms with Crippen LogP contribution in [0, 0.1) is 0 Å². The predicted molar refractivity (Wildman–Crippen MR) is 80.3 cm³/mol. The summed E-state index contributed by atoms with van der Waals surface area (Å²) in [5, 5.41) is 35.2. The van der Waals surface area contributed by atoms with Gasteiger partial charge in [0.1, 0.15) is 12.7 Å². The summed E-state index contributed by atoms with van der Waals surface area (Å²) in [6.07, 6.45) is -5.46. The average molecular weight is 403 g/mol. The summed E-state index contributed by atoms with van der Waals surface area (Å²) in [7, 11) is 0. The molecule has 0 radical (unpaired) electrons. The maximum absolute atomic E-state index is 11.3. The first-order chi connectivity index (χ1) is 12.4. The van der Waals surface area contributed by atoms with Crippen molar-refractivity contribution in [2.24, 2.45) is 5.73 Å². The zero-order valence-electron chi connectivity index (χ0n) is 13.9. The Labute approximate surface area is 151 Å². The number of carboxylic acid groups (broad SMARTS) is 1. The van der Waals surface area contributed by atoms with Crippen molar-refractivity contribution in [3.63, 3.8) is 0 Å². The quantitative estimate of drug-likeness (QED) is 0.280. The molecule has 0 aliphatic carbocycles. The minimum absolute atomic E-state index is 0.199. The second-order valence-corrected chi connectivity index (χ2v) is 5.21. The first kappa shape index (κ1) is 24.5. The van der Waals surface area contributed by atoms with Crippen molar-refractivity contribution in [1.29, 1.82) is 0 Å². The molecule has 0 aromatic rings. The lowest BCUT2D eigenvalue weighted by molar-refractivity contribution is -0.192. The van der Waals surface area contributed by atoms with Crippen LogP contribution in [0.5, 0.6) is 0 Å². The van der Waals surface area contributed by atoms with Gasteiger partial charge in [-0.15, -0.1) is 0 Å². The summed E-state index contributed by atoms with van der Waals surface area (Å²) in [6.45, 7) is 0.126. The van der Waals surface area contributed by atoms with E-state index in [4.69, 9.17) is 25.5 Å². The van der Waals surface area contributed by atoms with Gasteiger partial charge in [0, 0.05) is 6.42 Å². The third-order valence-corrected chi connectivity index (χ3v) is 3.03. The number of carbonyl (C=O) groups excluding carboxylic acids is 2. The fourth-order valence-electron chi connectivity index (χ4n) is 1.66. The van der Waals surface area contributed by atoms with Gasteiger partial charge in [-0.05, 0) is 19.4 Å². The highest BCUT2D eigenvalue weighted by Crippen LogP contribution is 2.21. The molecule has 1 aliphatic rings. The first-order valence-corrected chi connectivity index (χ1v) is 7.58. The molecule has 13 heteroatoms. The standard InChI is InChI=1S/C12H19NO7.C2HF3O2/c13-5-3-1-2-4-8(15)19-6-7(14)11-9(16)10(17)12(18)20-11;3-2(4,5)1(6)7/h7,11,14,16-17H,1-6,13H2;(H,6,7)/t7-,11+;/m0./s1. The van der Waals surface area contributed by atoms with E-state index in [-0.39, 0.29) is 6.42 Å². The van der Waals surface area contributed by atoms with Crippen molar-refractivity contribution < 1.29 is 57.5 Å². The Morgan fingerprint density at radius 1 is 1.22 bits per heavy atom. The van der Waals surface area contributed by atoms with Gasteiger partial charge in [-0.2, -0.15) is 13.2 Å². The maximum Gasteiger partial charge on any atom is 0.490 e. The van der Waals surface area contributed by atoms with E-state index in [1.165, 1.54) is 0 Å². The van der Waals surface area contributed by atoms with Crippen molar-refractivity contribution in [2.45, 2.75) is 44.1 Å². The molecule has 10 nitrogen and oxygen atoms in total. The van der Waals surface area contributed by atoms with Gasteiger partial charge in [0.2, 0.25) is 5.76 Å². The van der Waals surface area contributed by atoms with Crippen LogP contribution >= 0.6 is 0 Å². The minimum Gasteiger partial charge on any atom is -0.505 e. The Hall–Kier alpha value is -2.54. The van der Waals surface area contributed by atoms with Crippen LogP contribution in [-0.2, 0) is 23.9 Å². The van der Waals surface area contributed by atoms with Crippen LogP contribution in [0.2, 0.25) is 0 Å². The second-order valence-electron chi connectivity index (χ2n) is 5.21. The van der Waals surface area contributed by atoms with Crippen LogP contribution in [0.15, 0.2) is 11.5 Å². The Kier molecular flexibility index (Phi) is 10.2. The molecule has 0 amide bonds. The monoisotopic (exact) mass is 403 g/mol. The van der Waals surface area contributed by atoms with Gasteiger partial charge in [0.15, 0.2) is 11.9 Å². The molecule has 27 heavy (non-hydrogen) atoms. The molecule has 0 aromatic carbocycles. The van der Waals surface area contributed by atoms with Crippen LogP contribution < -0.4 is 5.73 Å². The second kappa shape index (κ2) is 11.2. The number of esters is 2. The number of ether oxygens (including phenoxy) is 2. The predicted octanol–water partition coefficient (Wildman–Crippen LogP) is 0.296. The molecule has 1 rings (SSSR count). The summed E-state index contributed by atoms with van der Waals surface area (Å²) >= 11 is 0. The first-order valence-electron chi connectivity index (χ1n) is 7.58. The van der Waals surface area contributed by atoms with Crippen molar-refractivity contribution >= 4 is 17.9 Å². The molecule has 0 aromatic heterocycles. The zero-order chi connectivity index (χ0) is 21.2. The normalized spacial score (nSPS) is 17.7. The van der Waals surface area contributed by atoms with E-state index in [9.17, 15) is 33.0 Å². The minimum atomic E-state index is -5.08. The Balaban J connectivity index is 0.000000821. The molecule has 0 saturated heterocycles. The summed E-state index contributed by atoms with van der Waals surface area (Å²) in [5.74, 6) is -6.09. The number of alkyl halides is 3. The average Bonchev–Trinajstić information content (AvgIpc) is 2.84. The van der Waals surface area contributed by atoms with Crippen molar-refractivity contribution in [3.05, 3.63) is 11.5 Å². The smallest absolute Gasteiger partial charge is 0.490 e. The van der Waals surface area contributed by atoms with Gasteiger partial charge in [-0.25, -0.2) is 9.59 Å². The summed E-state index contributed by atoms with van der Waals surface area (Å²) in [4.78, 5) is 31.2. The number of aliphatic hydroxyl groups is 3. The molecule has 156 valence electrons. The van der Waals surface area contributed by atoms with Gasteiger partial charge >= 0.3 is 24.1 Å². The molecular weight excluding hydrogens is 383 g/mol. The van der Waals surface area contributed by atoms with E-state index in [1.54, 1.807) is 0 Å². The van der Waals surface area contributed by atoms with Gasteiger partial charge in [-0.3, -0.25) is 4.79 Å². The highest BCUT2D eigenvalue weighted by atomic mass is 19.4. The Bertz CT molecular complexity index is 563. The maximum atomic E-state index is 11.3. The van der Waals surface area contributed by atoms with Crippen LogP contribution in [0.3, 0.4) is 0 Å². The topological polar surface area (TPSA) is 177 Å². The number of unbranched alkanes of at least 4 members (excludes halogenated alkanes) is 2. The van der Waals surface area contributed by atoms with E-state index in [0.717, 1.165) is 12.8 Å². The number of carboxylic acids is 1. The van der Waals surface area contributed by atoms with Crippen LogP contribution in [0.1, 0.15) is 25.7 Å². The Morgan fingerprint density at radius 2 is 1.78 bits per heavy atom. The molecule has 1 aliphatic heterocycles. The van der Waals surface area contributed by atoms with Crippen LogP contribution in [0.25, 0.3) is 0 Å². The van der Waals surface area contributed by atoms with E-state index in [0.29, 0.717) is 13.0 Å². The van der Waals surface area contributed by atoms with Crippen LogP contribution in [0.4, 0.5) is 13.2 Å². The molecule has 6 N–H and O–H groups in total. The molecular formula is C14H20F3NO9. The number of carbonyl (C=O) groups is 3. The fourth-order valence-corrected chi connectivity index (χ4v) is 1.66. The fraction of sp³-hybridized carbons (Fsp3) is 0.643. The summed E-state index contributed by atoms with van der Waals surface area (Å²) < 4.78 is 41.0. The van der Waals surface area contributed by atoms with E-state index >= 15 is 0 Å². The van der Waals surface area contributed by atoms with Gasteiger partial charge < -0.3 is 35.6 Å². The third kappa shape index (κ3) is 9.10. The highest BCUT2D eigenvalue weighted by Gasteiger charge is 2.39. The van der Waals surface area contributed by atoms with Gasteiger partial charge in [-0.1, -0.05) is 6.42 Å². The SMILES string of the molecule is NCCCCCC(=O)OC[C@H](O)[C@H]1OC(=O)C(O)=C1O.O=C(O)C(F)(F)F. The lowest BCUT2D eigenvalue weighted by atomic mass is 10.2. The zero-order valence-corrected chi connectivity index (χ0v) is 13.9. The van der Waals surface area contributed by atoms with E-state index in [2.05, 4.69) is 4.74 Å². The van der Waals surface area contributed by atoms with Crippen molar-refractivity contribution in [2.75, 3.05) is 13.2 Å². The molecule has 0 unspecified atom stereocenters. The third-order valence-electron chi connectivity index (χ3n) is 3.03. The number of aliphatic carboxylic acids is 1. The van der Waals surface area contributed by atoms with Crippen molar-refractivity contribution in [3.8, 4) is 0 Å². The summed E-state index contributed by atoms with van der Waals surface area (Å²) in [6, 6.07) is 0. The molecule has 0 fully saturated rings. The van der Waals surface area contributed by atoms with E-state index < -0.39 is 54.4 Å². The Morgan fingerprint density at radius 3 is 2.19 bits per heavy atom. The molecule has 0 spiro atoms. The number of hydrogen-bond donors (Lipinski definition) is 5. The largest absolute Gasteiger partial charge is 0.505 e. The number of nitrogens with two attached hydrogens (primary N) is 1. The summed E-state index contributed by atoms with van der Waals surface area (Å²) in [5.41, 5.74) is 5.31. The molecule has 2 atom stereocenters. The van der Waals surface area contributed by atoms with Crippen LogP contribution in [-0.4, -0.2) is 69.9 Å². The number of cyclic esters (lactones) is 1. The van der Waals surface area contributed by atoms with E-state index in [1.807, 2.05) is 0 Å². The number of hydrogen-bond acceptors (Lipinski definition) is 9. The lowest BCUT2D eigenvalue weighted by Crippen LogP contribution is -2.33. The number of aliphatic hydroxyl groups excluding tert-OH is 3. The number of halogens is 3. The van der Waals surface area contributed by atoms with Gasteiger partial charge in [0.05, 0.1) is 0 Å². The van der Waals surface area contributed by atoms with Crippen molar-refractivity contribution in [1.82, 2.24) is 0 Å². The number of rotatable bonds is 8. The lowest BCUT2D eigenvalue weighted by Gasteiger charge is -2.17. The molecule has 1 heterocycles. The molecule has 0 saturated carbocycles.